The molecule has 0 spiro atoms. The predicted molar refractivity (Wildman–Crippen MR) is 100 cm³/mol. The minimum atomic E-state index is -0.634. The third-order valence-corrected chi connectivity index (χ3v) is 4.37. The number of nitrogens with zero attached hydrogens (tertiary/aromatic N) is 3. The lowest BCUT2D eigenvalue weighted by Crippen LogP contribution is -2.00. The maximum absolute atomic E-state index is 14.2. The number of rotatable bonds is 5. The van der Waals surface area contributed by atoms with E-state index in [0.29, 0.717) is 22.5 Å². The van der Waals surface area contributed by atoms with Crippen molar-refractivity contribution in [2.24, 2.45) is 0 Å². The van der Waals surface area contributed by atoms with Crippen LogP contribution in [0.3, 0.4) is 0 Å². The van der Waals surface area contributed by atoms with E-state index in [1.54, 1.807) is 12.1 Å². The van der Waals surface area contributed by atoms with E-state index in [1.807, 2.05) is 37.3 Å². The zero-order chi connectivity index (χ0) is 19.5. The highest BCUT2D eigenvalue weighted by atomic mass is 19.1. The molecule has 1 aromatic heterocycles. The Kier molecular flexibility index (Phi) is 4.80. The smallest absolute Gasteiger partial charge is 0.179 e. The van der Waals surface area contributed by atoms with Gasteiger partial charge in [-0.1, -0.05) is 29.8 Å². The molecule has 0 radical (unpaired) electrons. The lowest BCUT2D eigenvalue weighted by atomic mass is 9.98. The summed E-state index contributed by atoms with van der Waals surface area (Å²) in [6, 6.07) is 16.6. The van der Waals surface area contributed by atoms with Crippen molar-refractivity contribution in [1.82, 2.24) is 20.6 Å². The molecule has 4 rings (SSSR count). The number of aromatic nitrogens is 4. The Morgan fingerprint density at radius 3 is 2.46 bits per heavy atom. The van der Waals surface area contributed by atoms with E-state index < -0.39 is 11.6 Å². The first-order chi connectivity index (χ1) is 13.6. The zero-order valence-electron chi connectivity index (χ0n) is 15.0. The number of hydrogen-bond donors (Lipinski definition) is 1. The van der Waals surface area contributed by atoms with Crippen LogP contribution in [0.2, 0.25) is 0 Å². The average molecular weight is 378 g/mol. The fourth-order valence-corrected chi connectivity index (χ4v) is 2.88. The van der Waals surface area contributed by atoms with Gasteiger partial charge in [0.05, 0.1) is 0 Å². The third-order valence-electron chi connectivity index (χ3n) is 4.37. The summed E-state index contributed by atoms with van der Waals surface area (Å²) in [4.78, 5) is 0. The van der Waals surface area contributed by atoms with Crippen molar-refractivity contribution < 1.29 is 13.5 Å². The Labute approximate surface area is 160 Å². The van der Waals surface area contributed by atoms with Gasteiger partial charge in [0.25, 0.3) is 0 Å². The first-order valence-corrected chi connectivity index (χ1v) is 8.62. The molecular weight excluding hydrogens is 362 g/mol. The summed E-state index contributed by atoms with van der Waals surface area (Å²) in [7, 11) is 0. The summed E-state index contributed by atoms with van der Waals surface area (Å²) in [5.74, 6) is -0.0814. The Balaban J connectivity index is 1.69. The minimum absolute atomic E-state index is 0.283. The second-order valence-electron chi connectivity index (χ2n) is 6.35. The molecule has 0 saturated carbocycles. The molecule has 0 aliphatic carbocycles. The number of nitrogens with one attached hydrogen (secondary N) is 1. The molecule has 28 heavy (non-hydrogen) atoms. The van der Waals surface area contributed by atoms with Gasteiger partial charge in [0.2, 0.25) is 0 Å². The van der Waals surface area contributed by atoms with Gasteiger partial charge in [0, 0.05) is 22.8 Å². The molecular formula is C21H16F2N4O. The van der Waals surface area contributed by atoms with Crippen LogP contribution in [-0.2, 0) is 6.61 Å². The predicted octanol–water partition coefficient (Wildman–Crippen LogP) is 4.70. The van der Waals surface area contributed by atoms with Crippen molar-refractivity contribution in [3.8, 4) is 28.3 Å². The molecule has 7 heteroatoms. The van der Waals surface area contributed by atoms with E-state index in [-0.39, 0.29) is 6.61 Å². The molecule has 0 fully saturated rings. The number of H-pyrrole nitrogens is 1. The van der Waals surface area contributed by atoms with Crippen molar-refractivity contribution in [1.29, 1.82) is 0 Å². The molecule has 3 aromatic carbocycles. The number of tetrazole rings is 1. The molecule has 0 aliphatic rings. The third kappa shape index (κ3) is 3.73. The lowest BCUT2D eigenvalue weighted by Gasteiger charge is -2.12. The summed E-state index contributed by atoms with van der Waals surface area (Å²) in [5, 5.41) is 13.9. The van der Waals surface area contributed by atoms with Gasteiger partial charge in [-0.05, 0) is 53.2 Å². The zero-order valence-corrected chi connectivity index (χ0v) is 15.0. The number of ether oxygens (including phenoxy) is 1. The van der Waals surface area contributed by atoms with E-state index in [4.69, 9.17) is 4.74 Å². The van der Waals surface area contributed by atoms with Crippen LogP contribution < -0.4 is 4.74 Å². The van der Waals surface area contributed by atoms with Crippen molar-refractivity contribution in [3.05, 3.63) is 83.4 Å². The number of benzene rings is 3. The van der Waals surface area contributed by atoms with E-state index in [9.17, 15) is 8.78 Å². The second-order valence-corrected chi connectivity index (χ2v) is 6.35. The van der Waals surface area contributed by atoms with Gasteiger partial charge in [-0.3, -0.25) is 0 Å². The van der Waals surface area contributed by atoms with E-state index >= 15 is 0 Å². The van der Waals surface area contributed by atoms with Crippen molar-refractivity contribution in [2.75, 3.05) is 0 Å². The van der Waals surface area contributed by atoms with Crippen LogP contribution in [0.25, 0.3) is 22.5 Å². The largest absolute Gasteiger partial charge is 0.489 e. The van der Waals surface area contributed by atoms with Crippen LogP contribution >= 0.6 is 0 Å². The highest BCUT2D eigenvalue weighted by molar-refractivity contribution is 5.72. The number of hydrogen-bond acceptors (Lipinski definition) is 4. The monoisotopic (exact) mass is 378 g/mol. The Morgan fingerprint density at radius 2 is 1.75 bits per heavy atom. The minimum Gasteiger partial charge on any atom is -0.489 e. The highest BCUT2D eigenvalue weighted by Crippen LogP contribution is 2.30. The quantitative estimate of drug-likeness (QED) is 0.547. The molecule has 0 amide bonds. The summed E-state index contributed by atoms with van der Waals surface area (Å²) < 4.78 is 33.3. The lowest BCUT2D eigenvalue weighted by molar-refractivity contribution is 0.306. The topological polar surface area (TPSA) is 63.7 Å². The molecule has 1 N–H and O–H groups in total. The van der Waals surface area contributed by atoms with Gasteiger partial charge < -0.3 is 4.74 Å². The summed E-state index contributed by atoms with van der Waals surface area (Å²) in [6.45, 7) is 2.29. The molecule has 140 valence electrons. The average Bonchev–Trinajstić information content (AvgIpc) is 3.22. The number of halogens is 2. The SMILES string of the molecule is Cc1ccc(OCc2ccc(-c3ccc(F)cc3F)cc2-c2nnn[nH]2)cc1. The maximum atomic E-state index is 14.2. The summed E-state index contributed by atoms with van der Waals surface area (Å²) in [5.41, 5.74) is 3.53. The molecule has 1 heterocycles. The normalized spacial score (nSPS) is 10.8. The number of aryl methyl sites for hydroxylation is 1. The highest BCUT2D eigenvalue weighted by Gasteiger charge is 2.14. The molecule has 0 aliphatic heterocycles. The van der Waals surface area contributed by atoms with Gasteiger partial charge in [0.15, 0.2) is 5.82 Å². The van der Waals surface area contributed by atoms with Gasteiger partial charge in [-0.15, -0.1) is 5.10 Å². The van der Waals surface area contributed by atoms with Crippen LogP contribution in [-0.4, -0.2) is 20.6 Å². The molecule has 0 atom stereocenters. The van der Waals surface area contributed by atoms with Crippen LogP contribution in [0.4, 0.5) is 8.78 Å². The first-order valence-electron chi connectivity index (χ1n) is 8.62. The van der Waals surface area contributed by atoms with Gasteiger partial charge in [-0.2, -0.15) is 0 Å². The molecule has 0 unspecified atom stereocenters. The second kappa shape index (κ2) is 7.56. The Bertz CT molecular complexity index is 1100. The van der Waals surface area contributed by atoms with Gasteiger partial charge in [-0.25, -0.2) is 13.9 Å². The van der Waals surface area contributed by atoms with Gasteiger partial charge in [0.1, 0.15) is 24.0 Å². The van der Waals surface area contributed by atoms with Crippen molar-refractivity contribution in [2.45, 2.75) is 13.5 Å². The Morgan fingerprint density at radius 1 is 0.929 bits per heavy atom. The first kappa shape index (κ1) is 17.8. The van der Waals surface area contributed by atoms with Crippen molar-refractivity contribution in [3.63, 3.8) is 0 Å². The fourth-order valence-electron chi connectivity index (χ4n) is 2.88. The maximum Gasteiger partial charge on any atom is 0.179 e. The van der Waals surface area contributed by atoms with E-state index in [0.717, 1.165) is 22.9 Å². The molecule has 5 nitrogen and oxygen atoms in total. The molecule has 0 saturated heterocycles. The summed E-state index contributed by atoms with van der Waals surface area (Å²) >= 11 is 0. The van der Waals surface area contributed by atoms with E-state index in [1.165, 1.54) is 12.1 Å². The van der Waals surface area contributed by atoms with E-state index in [2.05, 4.69) is 20.6 Å². The van der Waals surface area contributed by atoms with Crippen molar-refractivity contribution >= 4 is 0 Å². The van der Waals surface area contributed by atoms with Crippen LogP contribution in [0.1, 0.15) is 11.1 Å². The fraction of sp³-hybridized carbons (Fsp3) is 0.0952. The van der Waals surface area contributed by atoms with Crippen LogP contribution in [0.15, 0.2) is 60.7 Å². The standard InChI is InChI=1S/C21H16F2N4O/c1-13-2-7-17(8-3-13)28-12-15-5-4-14(10-19(15)21-24-26-27-25-21)18-9-6-16(22)11-20(18)23/h2-11H,12H2,1H3,(H,24,25,26,27). The number of aromatic amines is 1. The van der Waals surface area contributed by atoms with Crippen LogP contribution in [0.5, 0.6) is 5.75 Å². The molecule has 0 bridgehead atoms. The Hall–Kier alpha value is -3.61. The van der Waals surface area contributed by atoms with Crippen LogP contribution in [0, 0.1) is 18.6 Å². The molecule has 4 aromatic rings. The summed E-state index contributed by atoms with van der Waals surface area (Å²) in [6.07, 6.45) is 0. The van der Waals surface area contributed by atoms with Gasteiger partial charge >= 0.3 is 0 Å².